The highest BCUT2D eigenvalue weighted by atomic mass is 16.6. The maximum Gasteiger partial charge on any atom is 0.344 e. The molecule has 0 atom stereocenters. The molecule has 0 aliphatic carbocycles. The van der Waals surface area contributed by atoms with Crippen LogP contribution in [0.4, 0.5) is 5.69 Å². The molecule has 2 rings (SSSR count). The van der Waals surface area contributed by atoms with E-state index in [0.717, 1.165) is 18.7 Å². The summed E-state index contributed by atoms with van der Waals surface area (Å²) in [5, 5.41) is 11.0. The lowest BCUT2D eigenvalue weighted by atomic mass is 10.1. The van der Waals surface area contributed by atoms with Gasteiger partial charge in [0.25, 0.3) is 5.69 Å². The number of hydrogen-bond donors (Lipinski definition) is 0. The van der Waals surface area contributed by atoms with Crippen LogP contribution >= 0.6 is 0 Å². The van der Waals surface area contributed by atoms with Gasteiger partial charge in [0.2, 0.25) is 5.91 Å². The number of piperazine rings is 1. The SMILES string of the molecule is COC(=O)c1cc(CN2CCN(C(C)=O)CC2)ccc1[N+](=O)[O-]. The summed E-state index contributed by atoms with van der Waals surface area (Å²) in [5.41, 5.74) is 0.492. The first-order valence-corrected chi connectivity index (χ1v) is 7.26. The van der Waals surface area contributed by atoms with E-state index >= 15 is 0 Å². The van der Waals surface area contributed by atoms with Crippen LogP contribution in [0.3, 0.4) is 0 Å². The predicted octanol–water partition coefficient (Wildman–Crippen LogP) is 1.05. The van der Waals surface area contributed by atoms with Gasteiger partial charge in [-0.1, -0.05) is 6.07 Å². The van der Waals surface area contributed by atoms with Gasteiger partial charge in [-0.15, -0.1) is 0 Å². The summed E-state index contributed by atoms with van der Waals surface area (Å²) in [4.78, 5) is 37.3. The number of amides is 1. The lowest BCUT2D eigenvalue weighted by molar-refractivity contribution is -0.385. The predicted molar refractivity (Wildman–Crippen MR) is 82.0 cm³/mol. The summed E-state index contributed by atoms with van der Waals surface area (Å²) in [5.74, 6) is -0.659. The molecule has 1 fully saturated rings. The quantitative estimate of drug-likeness (QED) is 0.467. The number of nitro groups is 1. The second kappa shape index (κ2) is 7.19. The normalized spacial score (nSPS) is 15.3. The van der Waals surface area contributed by atoms with Gasteiger partial charge < -0.3 is 9.64 Å². The van der Waals surface area contributed by atoms with Gasteiger partial charge >= 0.3 is 5.97 Å². The number of hydrogen-bond acceptors (Lipinski definition) is 6. The average molecular weight is 321 g/mol. The number of benzene rings is 1. The molecule has 1 aliphatic heterocycles. The molecule has 1 saturated heterocycles. The molecule has 124 valence electrons. The first kappa shape index (κ1) is 16.9. The Bertz CT molecular complexity index is 624. The highest BCUT2D eigenvalue weighted by Gasteiger charge is 2.23. The molecule has 1 aromatic rings. The van der Waals surface area contributed by atoms with Crippen molar-refractivity contribution in [1.29, 1.82) is 0 Å². The third-order valence-electron chi connectivity index (χ3n) is 3.89. The van der Waals surface area contributed by atoms with E-state index in [0.29, 0.717) is 19.6 Å². The van der Waals surface area contributed by atoms with Crippen LogP contribution in [-0.4, -0.2) is 59.9 Å². The van der Waals surface area contributed by atoms with Crippen LogP contribution in [0.2, 0.25) is 0 Å². The largest absolute Gasteiger partial charge is 0.465 e. The monoisotopic (exact) mass is 321 g/mol. The minimum atomic E-state index is -0.722. The molecule has 8 nitrogen and oxygen atoms in total. The van der Waals surface area contributed by atoms with E-state index in [-0.39, 0.29) is 17.2 Å². The number of nitro benzene ring substituents is 1. The van der Waals surface area contributed by atoms with E-state index in [1.165, 1.54) is 19.2 Å². The first-order valence-electron chi connectivity index (χ1n) is 7.26. The molecule has 0 N–H and O–H groups in total. The third-order valence-corrected chi connectivity index (χ3v) is 3.89. The van der Waals surface area contributed by atoms with Crippen molar-refractivity contribution in [2.45, 2.75) is 13.5 Å². The van der Waals surface area contributed by atoms with E-state index in [4.69, 9.17) is 0 Å². The first-order chi connectivity index (χ1) is 10.9. The van der Waals surface area contributed by atoms with Gasteiger partial charge in [-0.2, -0.15) is 0 Å². The van der Waals surface area contributed by atoms with E-state index < -0.39 is 10.9 Å². The molecule has 0 radical (unpaired) electrons. The Morgan fingerprint density at radius 2 is 1.91 bits per heavy atom. The second-order valence-corrected chi connectivity index (χ2v) is 5.38. The smallest absolute Gasteiger partial charge is 0.344 e. The van der Waals surface area contributed by atoms with Crippen LogP contribution in [-0.2, 0) is 16.1 Å². The van der Waals surface area contributed by atoms with Gasteiger partial charge in [-0.3, -0.25) is 19.8 Å². The zero-order chi connectivity index (χ0) is 17.0. The summed E-state index contributed by atoms with van der Waals surface area (Å²) >= 11 is 0. The maximum atomic E-state index is 11.7. The Labute approximate surface area is 133 Å². The zero-order valence-corrected chi connectivity index (χ0v) is 13.2. The van der Waals surface area contributed by atoms with E-state index in [1.807, 2.05) is 0 Å². The summed E-state index contributed by atoms with van der Waals surface area (Å²) in [6.07, 6.45) is 0. The molecule has 0 bridgehead atoms. The summed E-state index contributed by atoms with van der Waals surface area (Å²) in [6.45, 7) is 4.88. The molecule has 0 unspecified atom stereocenters. The average Bonchev–Trinajstić information content (AvgIpc) is 2.54. The van der Waals surface area contributed by atoms with Crippen molar-refractivity contribution in [1.82, 2.24) is 9.80 Å². The molecule has 8 heteroatoms. The van der Waals surface area contributed by atoms with Crippen molar-refractivity contribution < 1.29 is 19.2 Å². The van der Waals surface area contributed by atoms with Crippen molar-refractivity contribution in [2.24, 2.45) is 0 Å². The van der Waals surface area contributed by atoms with Gasteiger partial charge in [0.15, 0.2) is 0 Å². The van der Waals surface area contributed by atoms with Crippen molar-refractivity contribution in [3.05, 3.63) is 39.4 Å². The Balaban J connectivity index is 2.11. The Hall–Kier alpha value is -2.48. The number of carbonyl (C=O) groups is 2. The number of nitrogens with zero attached hydrogens (tertiary/aromatic N) is 3. The Morgan fingerprint density at radius 3 is 2.43 bits per heavy atom. The van der Waals surface area contributed by atoms with E-state index in [9.17, 15) is 19.7 Å². The number of carbonyl (C=O) groups excluding carboxylic acids is 2. The minimum Gasteiger partial charge on any atom is -0.465 e. The van der Waals surface area contributed by atoms with E-state index in [2.05, 4.69) is 9.64 Å². The topological polar surface area (TPSA) is 93.0 Å². The summed E-state index contributed by atoms with van der Waals surface area (Å²) < 4.78 is 4.61. The molecule has 23 heavy (non-hydrogen) atoms. The van der Waals surface area contributed by atoms with Crippen LogP contribution in [0.5, 0.6) is 0 Å². The van der Waals surface area contributed by atoms with Crippen LogP contribution in [0, 0.1) is 10.1 Å². The molecular formula is C15H19N3O5. The van der Waals surface area contributed by atoms with Gasteiger partial charge in [0.05, 0.1) is 12.0 Å². The third kappa shape index (κ3) is 4.04. The van der Waals surface area contributed by atoms with E-state index in [1.54, 1.807) is 17.9 Å². The second-order valence-electron chi connectivity index (χ2n) is 5.38. The fourth-order valence-electron chi connectivity index (χ4n) is 2.59. The fourth-order valence-corrected chi connectivity index (χ4v) is 2.59. The maximum absolute atomic E-state index is 11.7. The van der Waals surface area contributed by atoms with Crippen LogP contribution in [0.25, 0.3) is 0 Å². The fraction of sp³-hybridized carbons (Fsp3) is 0.467. The lowest BCUT2D eigenvalue weighted by Crippen LogP contribution is -2.47. The number of ether oxygens (including phenoxy) is 1. The molecule has 1 amide bonds. The number of methoxy groups -OCH3 is 1. The highest BCUT2D eigenvalue weighted by Crippen LogP contribution is 2.22. The molecule has 1 aliphatic rings. The highest BCUT2D eigenvalue weighted by molar-refractivity contribution is 5.94. The molecule has 0 saturated carbocycles. The van der Waals surface area contributed by atoms with Crippen LogP contribution < -0.4 is 0 Å². The van der Waals surface area contributed by atoms with Gasteiger partial charge in [0.1, 0.15) is 5.56 Å². The Morgan fingerprint density at radius 1 is 1.26 bits per heavy atom. The van der Waals surface area contributed by atoms with Crippen molar-refractivity contribution in [2.75, 3.05) is 33.3 Å². The summed E-state index contributed by atoms with van der Waals surface area (Å²) in [6, 6.07) is 4.47. The number of rotatable bonds is 4. The molecule has 0 aromatic heterocycles. The molecule has 0 spiro atoms. The standard InChI is InChI=1S/C15H19N3O5/c1-11(19)17-7-5-16(6-8-17)10-12-3-4-14(18(21)22)13(9-12)15(20)23-2/h3-4,9H,5-8,10H2,1-2H3. The summed E-state index contributed by atoms with van der Waals surface area (Å²) in [7, 11) is 1.19. The zero-order valence-electron chi connectivity index (χ0n) is 13.2. The van der Waals surface area contributed by atoms with Crippen molar-refractivity contribution in [3.8, 4) is 0 Å². The van der Waals surface area contributed by atoms with Crippen LogP contribution in [0.1, 0.15) is 22.8 Å². The lowest BCUT2D eigenvalue weighted by Gasteiger charge is -2.34. The van der Waals surface area contributed by atoms with Gasteiger partial charge in [0, 0.05) is 45.7 Å². The number of esters is 1. The molecule has 1 heterocycles. The van der Waals surface area contributed by atoms with Crippen LogP contribution in [0.15, 0.2) is 18.2 Å². The van der Waals surface area contributed by atoms with Gasteiger partial charge in [-0.25, -0.2) is 4.79 Å². The van der Waals surface area contributed by atoms with Crippen molar-refractivity contribution >= 4 is 17.6 Å². The van der Waals surface area contributed by atoms with Crippen molar-refractivity contribution in [3.63, 3.8) is 0 Å². The Kier molecular flexibility index (Phi) is 5.28. The molecular weight excluding hydrogens is 302 g/mol. The molecule has 1 aromatic carbocycles. The minimum absolute atomic E-state index is 0.0441. The van der Waals surface area contributed by atoms with Gasteiger partial charge in [-0.05, 0) is 11.6 Å².